The van der Waals surface area contributed by atoms with Crippen molar-refractivity contribution in [2.45, 2.75) is 6.92 Å². The van der Waals surface area contributed by atoms with Gasteiger partial charge >= 0.3 is 5.97 Å². The number of carbonyl (C=O) groups is 1. The first-order valence-corrected chi connectivity index (χ1v) is 5.44. The number of halogens is 1. The molecule has 0 saturated carbocycles. The molecule has 0 radical (unpaired) electrons. The molecule has 0 spiro atoms. The molecular weight excluding hydrogens is 258 g/mol. The number of aromatic carboxylic acids is 1. The van der Waals surface area contributed by atoms with E-state index < -0.39 is 5.97 Å². The van der Waals surface area contributed by atoms with Crippen LogP contribution in [0.3, 0.4) is 0 Å². The van der Waals surface area contributed by atoms with Gasteiger partial charge in [0.05, 0.1) is 12.1 Å². The average molecular weight is 268 g/mol. The van der Waals surface area contributed by atoms with Crippen LogP contribution in [0.4, 0.5) is 0 Å². The number of aryl methyl sites for hydroxylation is 1. The highest BCUT2D eigenvalue weighted by atomic mass is 35.5. The minimum Gasteiger partial charge on any atom is -0.495 e. The van der Waals surface area contributed by atoms with Crippen molar-refractivity contribution in [2.75, 3.05) is 7.11 Å². The van der Waals surface area contributed by atoms with Gasteiger partial charge in [0, 0.05) is 5.56 Å². The van der Waals surface area contributed by atoms with E-state index in [2.05, 4.69) is 4.98 Å². The van der Waals surface area contributed by atoms with Gasteiger partial charge in [-0.25, -0.2) is 9.78 Å². The maximum atomic E-state index is 10.7. The number of rotatable bonds is 3. The first kappa shape index (κ1) is 12.4. The lowest BCUT2D eigenvalue weighted by Crippen LogP contribution is -1.96. The van der Waals surface area contributed by atoms with Gasteiger partial charge in [-0.05, 0) is 24.6 Å². The van der Waals surface area contributed by atoms with Crippen LogP contribution in [0.25, 0.3) is 11.5 Å². The van der Waals surface area contributed by atoms with Crippen molar-refractivity contribution in [3.05, 3.63) is 34.7 Å². The second-order valence-corrected chi connectivity index (χ2v) is 4.05. The number of carboxylic acid groups (broad SMARTS) is 1. The van der Waals surface area contributed by atoms with Gasteiger partial charge in [0.1, 0.15) is 12.0 Å². The topological polar surface area (TPSA) is 72.6 Å². The molecular formula is C12H10ClNO4. The standard InChI is InChI=1S/C12H10ClNO4/c1-6-3-10(17-2)8(13)4-7(6)11-14-9(5-18-11)12(15)16/h3-5H,1-2H3,(H,15,16). The lowest BCUT2D eigenvalue weighted by atomic mass is 10.1. The minimum atomic E-state index is -1.14. The van der Waals surface area contributed by atoms with Crippen LogP contribution in [0.5, 0.6) is 5.75 Å². The zero-order chi connectivity index (χ0) is 13.3. The predicted octanol–water partition coefficient (Wildman–Crippen LogP) is 3.01. The highest BCUT2D eigenvalue weighted by molar-refractivity contribution is 6.32. The molecule has 0 amide bonds. The van der Waals surface area contributed by atoms with E-state index in [1.807, 2.05) is 6.92 Å². The van der Waals surface area contributed by atoms with Gasteiger partial charge in [-0.3, -0.25) is 0 Å². The van der Waals surface area contributed by atoms with Gasteiger partial charge in [-0.1, -0.05) is 11.6 Å². The zero-order valence-electron chi connectivity index (χ0n) is 9.73. The first-order chi connectivity index (χ1) is 8.52. The van der Waals surface area contributed by atoms with Gasteiger partial charge in [0.25, 0.3) is 0 Å². The molecule has 5 nitrogen and oxygen atoms in total. The van der Waals surface area contributed by atoms with Crippen molar-refractivity contribution in [1.82, 2.24) is 4.98 Å². The molecule has 0 saturated heterocycles. The second kappa shape index (κ2) is 4.70. The normalized spacial score (nSPS) is 10.4. The molecule has 0 fully saturated rings. The Kier molecular flexibility index (Phi) is 3.25. The smallest absolute Gasteiger partial charge is 0.357 e. The van der Waals surface area contributed by atoms with E-state index in [9.17, 15) is 4.79 Å². The summed E-state index contributed by atoms with van der Waals surface area (Å²) < 4.78 is 10.2. The monoisotopic (exact) mass is 267 g/mol. The van der Waals surface area contributed by atoms with Crippen molar-refractivity contribution in [2.24, 2.45) is 0 Å². The number of oxazole rings is 1. The fourth-order valence-electron chi connectivity index (χ4n) is 1.54. The maximum Gasteiger partial charge on any atom is 0.357 e. The van der Waals surface area contributed by atoms with E-state index >= 15 is 0 Å². The fourth-order valence-corrected chi connectivity index (χ4v) is 1.78. The van der Waals surface area contributed by atoms with Crippen LogP contribution in [0.2, 0.25) is 5.02 Å². The van der Waals surface area contributed by atoms with Crippen LogP contribution in [0, 0.1) is 6.92 Å². The molecule has 1 heterocycles. The van der Waals surface area contributed by atoms with Gasteiger partial charge in [-0.2, -0.15) is 0 Å². The molecule has 1 aromatic carbocycles. The quantitative estimate of drug-likeness (QED) is 0.925. The number of hydrogen-bond acceptors (Lipinski definition) is 4. The summed E-state index contributed by atoms with van der Waals surface area (Å²) in [6.07, 6.45) is 1.09. The third-order valence-corrected chi connectivity index (χ3v) is 2.75. The lowest BCUT2D eigenvalue weighted by Gasteiger charge is -2.07. The molecule has 0 aliphatic rings. The van der Waals surface area contributed by atoms with Crippen LogP contribution in [-0.2, 0) is 0 Å². The Morgan fingerprint density at radius 2 is 2.22 bits per heavy atom. The number of hydrogen-bond donors (Lipinski definition) is 1. The fraction of sp³-hybridized carbons (Fsp3) is 0.167. The van der Waals surface area contributed by atoms with Crippen molar-refractivity contribution in [3.8, 4) is 17.2 Å². The van der Waals surface area contributed by atoms with Crippen LogP contribution in [-0.4, -0.2) is 23.2 Å². The molecule has 0 bridgehead atoms. The molecule has 1 N–H and O–H groups in total. The summed E-state index contributed by atoms with van der Waals surface area (Å²) in [5.74, 6) is -0.375. The van der Waals surface area contributed by atoms with Crippen LogP contribution in [0.1, 0.15) is 16.1 Å². The third kappa shape index (κ3) is 2.17. The number of carboxylic acids is 1. The summed E-state index contributed by atoms with van der Waals surface area (Å²) in [7, 11) is 1.52. The summed E-state index contributed by atoms with van der Waals surface area (Å²) in [6.45, 7) is 1.83. The van der Waals surface area contributed by atoms with E-state index in [0.717, 1.165) is 11.8 Å². The Hall–Kier alpha value is -2.01. The largest absolute Gasteiger partial charge is 0.495 e. The van der Waals surface area contributed by atoms with Crippen molar-refractivity contribution in [1.29, 1.82) is 0 Å². The van der Waals surface area contributed by atoms with E-state index in [-0.39, 0.29) is 11.6 Å². The summed E-state index contributed by atoms with van der Waals surface area (Å²) in [5, 5.41) is 9.19. The van der Waals surface area contributed by atoms with Crippen molar-refractivity contribution in [3.63, 3.8) is 0 Å². The summed E-state index contributed by atoms with van der Waals surface area (Å²) >= 11 is 6.01. The van der Waals surface area contributed by atoms with Crippen LogP contribution in [0.15, 0.2) is 22.8 Å². The number of methoxy groups -OCH3 is 1. The third-order valence-electron chi connectivity index (χ3n) is 2.45. The molecule has 0 unspecified atom stereocenters. The molecule has 94 valence electrons. The van der Waals surface area contributed by atoms with Gasteiger partial charge in [0.15, 0.2) is 5.69 Å². The number of benzene rings is 1. The predicted molar refractivity (Wildman–Crippen MR) is 65.2 cm³/mol. The van der Waals surface area contributed by atoms with Crippen molar-refractivity contribution < 1.29 is 19.1 Å². The van der Waals surface area contributed by atoms with E-state index in [1.165, 1.54) is 7.11 Å². The average Bonchev–Trinajstić information content (AvgIpc) is 2.81. The first-order valence-electron chi connectivity index (χ1n) is 5.06. The Labute approximate surface area is 108 Å². The van der Waals surface area contributed by atoms with Crippen LogP contribution < -0.4 is 4.74 Å². The number of nitrogens with zero attached hydrogens (tertiary/aromatic N) is 1. The zero-order valence-corrected chi connectivity index (χ0v) is 10.5. The molecule has 0 atom stereocenters. The highest BCUT2D eigenvalue weighted by Crippen LogP contribution is 2.33. The molecule has 0 aliphatic heterocycles. The summed E-state index contributed by atoms with van der Waals surface area (Å²) in [4.78, 5) is 14.6. The molecule has 2 aromatic rings. The van der Waals surface area contributed by atoms with Gasteiger partial charge < -0.3 is 14.3 Å². The Balaban J connectivity index is 2.50. The lowest BCUT2D eigenvalue weighted by molar-refractivity contribution is 0.0690. The van der Waals surface area contributed by atoms with Gasteiger partial charge in [0.2, 0.25) is 5.89 Å². The Morgan fingerprint density at radius 3 is 2.78 bits per heavy atom. The summed E-state index contributed by atoms with van der Waals surface area (Å²) in [6, 6.07) is 3.37. The Morgan fingerprint density at radius 1 is 1.50 bits per heavy atom. The van der Waals surface area contributed by atoms with Gasteiger partial charge in [-0.15, -0.1) is 0 Å². The van der Waals surface area contributed by atoms with Crippen molar-refractivity contribution >= 4 is 17.6 Å². The molecule has 2 rings (SSSR count). The molecule has 1 aromatic heterocycles. The molecule has 18 heavy (non-hydrogen) atoms. The number of ether oxygens (including phenoxy) is 1. The molecule has 6 heteroatoms. The van der Waals surface area contributed by atoms with E-state index in [4.69, 9.17) is 25.9 Å². The minimum absolute atomic E-state index is 0.142. The number of aromatic nitrogens is 1. The second-order valence-electron chi connectivity index (χ2n) is 3.64. The Bertz CT molecular complexity index is 606. The SMILES string of the molecule is COc1cc(C)c(-c2nc(C(=O)O)co2)cc1Cl. The molecule has 0 aliphatic carbocycles. The maximum absolute atomic E-state index is 10.7. The van der Waals surface area contributed by atoms with Crippen LogP contribution >= 0.6 is 11.6 Å². The van der Waals surface area contributed by atoms with E-state index in [0.29, 0.717) is 16.3 Å². The summed E-state index contributed by atoms with van der Waals surface area (Å²) in [5.41, 5.74) is 1.32. The highest BCUT2D eigenvalue weighted by Gasteiger charge is 2.15. The van der Waals surface area contributed by atoms with E-state index in [1.54, 1.807) is 12.1 Å².